The summed E-state index contributed by atoms with van der Waals surface area (Å²) in [5.41, 5.74) is 1.70. The fraction of sp³-hybridized carbons (Fsp3) is 0. The summed E-state index contributed by atoms with van der Waals surface area (Å²) in [5, 5.41) is 14.0. The van der Waals surface area contributed by atoms with Crippen LogP contribution in [0.1, 0.15) is 5.76 Å². The summed E-state index contributed by atoms with van der Waals surface area (Å²) in [4.78, 5) is 16.5. The number of thiazole rings is 1. The predicted octanol–water partition coefficient (Wildman–Crippen LogP) is 3.95. The van der Waals surface area contributed by atoms with Gasteiger partial charge in [0, 0.05) is 17.0 Å². The average Bonchev–Trinajstić information content (AvgIpc) is 3.25. The first-order chi connectivity index (χ1) is 11.3. The number of hydrogen-bond donors (Lipinski definition) is 1. The van der Waals surface area contributed by atoms with Crippen molar-refractivity contribution in [1.29, 1.82) is 5.26 Å². The number of hydrogen-bond acceptors (Lipinski definition) is 5. The number of amides is 1. The number of furan rings is 1. The molecule has 0 aliphatic rings. The van der Waals surface area contributed by atoms with Crippen LogP contribution in [0, 0.1) is 11.3 Å². The van der Waals surface area contributed by atoms with Gasteiger partial charge in [-0.05, 0) is 12.1 Å². The minimum Gasteiger partial charge on any atom is -0.465 e. The lowest BCUT2D eigenvalue weighted by Crippen LogP contribution is -2.13. The van der Waals surface area contributed by atoms with Crippen LogP contribution >= 0.6 is 11.3 Å². The number of benzene rings is 1. The van der Waals surface area contributed by atoms with Gasteiger partial charge >= 0.3 is 0 Å². The standard InChI is InChI=1S/C17H11N3O2S/c18-10-13(9-14-7-4-8-22-14)16(21)20-17-19-15(11-23-17)12-5-2-1-3-6-12/h1-9,11H,(H,19,20,21). The zero-order valence-electron chi connectivity index (χ0n) is 11.9. The van der Waals surface area contributed by atoms with Crippen molar-refractivity contribution in [2.24, 2.45) is 0 Å². The molecule has 0 bridgehead atoms. The van der Waals surface area contributed by atoms with Crippen molar-refractivity contribution < 1.29 is 9.21 Å². The Hall–Kier alpha value is -3.17. The number of nitrogens with one attached hydrogen (secondary N) is 1. The Morgan fingerprint density at radius 3 is 2.78 bits per heavy atom. The maximum atomic E-state index is 12.1. The molecule has 1 N–H and O–H groups in total. The van der Waals surface area contributed by atoms with Crippen molar-refractivity contribution in [2.75, 3.05) is 5.32 Å². The third-order valence-electron chi connectivity index (χ3n) is 2.99. The molecule has 1 aromatic carbocycles. The molecule has 0 aliphatic heterocycles. The highest BCUT2D eigenvalue weighted by Crippen LogP contribution is 2.25. The molecule has 2 heterocycles. The van der Waals surface area contributed by atoms with Crippen molar-refractivity contribution in [1.82, 2.24) is 4.98 Å². The van der Waals surface area contributed by atoms with E-state index in [1.807, 2.05) is 41.8 Å². The zero-order chi connectivity index (χ0) is 16.1. The summed E-state index contributed by atoms with van der Waals surface area (Å²) in [5.74, 6) is -0.0707. The fourth-order valence-electron chi connectivity index (χ4n) is 1.90. The molecule has 0 aliphatic carbocycles. The van der Waals surface area contributed by atoms with Gasteiger partial charge in [-0.2, -0.15) is 5.26 Å². The summed E-state index contributed by atoms with van der Waals surface area (Å²) in [7, 11) is 0. The number of anilines is 1. The molecule has 23 heavy (non-hydrogen) atoms. The van der Waals surface area contributed by atoms with Gasteiger partial charge in [-0.15, -0.1) is 11.3 Å². The number of carbonyl (C=O) groups is 1. The van der Waals surface area contributed by atoms with E-state index in [2.05, 4.69) is 10.3 Å². The van der Waals surface area contributed by atoms with E-state index in [0.29, 0.717) is 10.9 Å². The molecule has 6 heteroatoms. The molecule has 112 valence electrons. The van der Waals surface area contributed by atoms with E-state index >= 15 is 0 Å². The highest BCUT2D eigenvalue weighted by atomic mass is 32.1. The molecule has 0 unspecified atom stereocenters. The Morgan fingerprint density at radius 2 is 2.09 bits per heavy atom. The second-order valence-corrected chi connectivity index (χ2v) is 5.40. The van der Waals surface area contributed by atoms with Crippen LogP contribution in [-0.4, -0.2) is 10.9 Å². The minimum absolute atomic E-state index is 0.0450. The Balaban J connectivity index is 1.76. The van der Waals surface area contributed by atoms with Crippen molar-refractivity contribution in [3.8, 4) is 17.3 Å². The normalized spacial score (nSPS) is 11.0. The van der Waals surface area contributed by atoms with Crippen LogP contribution in [-0.2, 0) is 4.79 Å². The Morgan fingerprint density at radius 1 is 1.26 bits per heavy atom. The van der Waals surface area contributed by atoms with Crippen LogP contribution in [0.15, 0.2) is 64.1 Å². The minimum atomic E-state index is -0.516. The molecule has 0 radical (unpaired) electrons. The quantitative estimate of drug-likeness (QED) is 0.583. The second-order valence-electron chi connectivity index (χ2n) is 4.54. The third-order valence-corrected chi connectivity index (χ3v) is 3.75. The topological polar surface area (TPSA) is 78.9 Å². The number of nitrogens with zero attached hydrogens (tertiary/aromatic N) is 2. The number of rotatable bonds is 4. The zero-order valence-corrected chi connectivity index (χ0v) is 12.7. The van der Waals surface area contributed by atoms with E-state index in [-0.39, 0.29) is 5.57 Å². The summed E-state index contributed by atoms with van der Waals surface area (Å²) < 4.78 is 5.11. The first-order valence-corrected chi connectivity index (χ1v) is 7.62. The highest BCUT2D eigenvalue weighted by molar-refractivity contribution is 7.14. The molecule has 3 rings (SSSR count). The van der Waals surface area contributed by atoms with Gasteiger partial charge in [0.1, 0.15) is 17.4 Å². The van der Waals surface area contributed by atoms with Crippen LogP contribution in [0.5, 0.6) is 0 Å². The molecule has 1 amide bonds. The SMILES string of the molecule is N#CC(=Cc1ccco1)C(=O)Nc1nc(-c2ccccc2)cs1. The van der Waals surface area contributed by atoms with Gasteiger partial charge in [0.2, 0.25) is 0 Å². The fourth-order valence-corrected chi connectivity index (χ4v) is 2.62. The molecular formula is C17H11N3O2S. The summed E-state index contributed by atoms with van der Waals surface area (Å²) in [6.07, 6.45) is 2.87. The first kappa shape index (κ1) is 14.8. The predicted molar refractivity (Wildman–Crippen MR) is 88.5 cm³/mol. The molecule has 5 nitrogen and oxygen atoms in total. The molecule has 0 fully saturated rings. The summed E-state index contributed by atoms with van der Waals surface area (Å²) in [6, 6.07) is 14.9. The summed E-state index contributed by atoms with van der Waals surface area (Å²) >= 11 is 1.31. The van der Waals surface area contributed by atoms with Crippen molar-refractivity contribution >= 4 is 28.5 Å². The van der Waals surface area contributed by atoms with Crippen LogP contribution in [0.3, 0.4) is 0 Å². The van der Waals surface area contributed by atoms with Gasteiger partial charge in [0.25, 0.3) is 5.91 Å². The maximum absolute atomic E-state index is 12.1. The molecule has 2 aromatic heterocycles. The van der Waals surface area contributed by atoms with Gasteiger partial charge < -0.3 is 4.42 Å². The highest BCUT2D eigenvalue weighted by Gasteiger charge is 2.13. The van der Waals surface area contributed by atoms with Gasteiger partial charge in [-0.25, -0.2) is 4.98 Å². The molecule has 3 aromatic rings. The monoisotopic (exact) mass is 321 g/mol. The van der Waals surface area contributed by atoms with E-state index < -0.39 is 5.91 Å². The largest absolute Gasteiger partial charge is 0.465 e. The van der Waals surface area contributed by atoms with Crippen molar-refractivity contribution in [3.63, 3.8) is 0 Å². The van der Waals surface area contributed by atoms with Gasteiger partial charge in [0.05, 0.1) is 12.0 Å². The van der Waals surface area contributed by atoms with Crippen molar-refractivity contribution in [2.45, 2.75) is 0 Å². The lowest BCUT2D eigenvalue weighted by atomic mass is 10.2. The van der Waals surface area contributed by atoms with Crippen LogP contribution < -0.4 is 5.32 Å². The molecular weight excluding hydrogens is 310 g/mol. The Bertz CT molecular complexity index is 874. The van der Waals surface area contributed by atoms with Gasteiger partial charge in [0.15, 0.2) is 5.13 Å². The first-order valence-electron chi connectivity index (χ1n) is 6.74. The lowest BCUT2D eigenvalue weighted by molar-refractivity contribution is -0.112. The Labute approximate surface area is 136 Å². The van der Waals surface area contributed by atoms with Crippen LogP contribution in [0.4, 0.5) is 5.13 Å². The number of nitriles is 1. The van der Waals surface area contributed by atoms with E-state index in [1.165, 1.54) is 23.7 Å². The number of aromatic nitrogens is 1. The van der Waals surface area contributed by atoms with Crippen LogP contribution in [0.25, 0.3) is 17.3 Å². The van der Waals surface area contributed by atoms with E-state index in [1.54, 1.807) is 12.1 Å². The van der Waals surface area contributed by atoms with E-state index in [0.717, 1.165) is 11.3 Å². The molecule has 0 atom stereocenters. The smallest absolute Gasteiger partial charge is 0.268 e. The second kappa shape index (κ2) is 6.73. The van der Waals surface area contributed by atoms with E-state index in [4.69, 9.17) is 9.68 Å². The third kappa shape index (κ3) is 3.54. The molecule has 0 spiro atoms. The van der Waals surface area contributed by atoms with Gasteiger partial charge in [-0.3, -0.25) is 10.1 Å². The van der Waals surface area contributed by atoms with Gasteiger partial charge in [-0.1, -0.05) is 30.3 Å². The maximum Gasteiger partial charge on any atom is 0.268 e. The number of carbonyl (C=O) groups excluding carboxylic acids is 1. The molecule has 0 saturated carbocycles. The van der Waals surface area contributed by atoms with E-state index in [9.17, 15) is 4.79 Å². The Kier molecular flexibility index (Phi) is 4.32. The lowest BCUT2D eigenvalue weighted by Gasteiger charge is -1.99. The average molecular weight is 321 g/mol. The van der Waals surface area contributed by atoms with Crippen LogP contribution in [0.2, 0.25) is 0 Å². The molecule has 0 saturated heterocycles. The van der Waals surface area contributed by atoms with Crippen molar-refractivity contribution in [3.05, 3.63) is 65.4 Å². The summed E-state index contributed by atoms with van der Waals surface area (Å²) in [6.45, 7) is 0.